The average molecular weight is 210 g/mol. The lowest BCUT2D eigenvalue weighted by Crippen LogP contribution is -2.04. The van der Waals surface area contributed by atoms with Crippen LogP contribution in [0, 0.1) is 22.0 Å². The fourth-order valence-electron chi connectivity index (χ4n) is 0.688. The van der Waals surface area contributed by atoms with Gasteiger partial charge >= 0.3 is 5.69 Å². The minimum Gasteiger partial charge on any atom is -0.392 e. The molecule has 1 aromatic heterocycles. The summed E-state index contributed by atoms with van der Waals surface area (Å²) in [7, 11) is 0. The van der Waals surface area contributed by atoms with E-state index in [2.05, 4.69) is 4.98 Å². The van der Waals surface area contributed by atoms with Crippen molar-refractivity contribution in [1.82, 2.24) is 4.98 Å². The molecular formula is C5H2ClF2N3O2. The highest BCUT2D eigenvalue weighted by Gasteiger charge is 2.25. The van der Waals surface area contributed by atoms with E-state index in [1.54, 1.807) is 0 Å². The van der Waals surface area contributed by atoms with Gasteiger partial charge in [-0.3, -0.25) is 10.1 Å². The van der Waals surface area contributed by atoms with Crippen LogP contribution in [0.25, 0.3) is 0 Å². The molecular weight excluding hydrogens is 208 g/mol. The summed E-state index contributed by atoms with van der Waals surface area (Å²) in [6.07, 6.45) is 0. The van der Waals surface area contributed by atoms with Crippen molar-refractivity contribution in [3.8, 4) is 0 Å². The van der Waals surface area contributed by atoms with Crippen LogP contribution in [0.5, 0.6) is 0 Å². The zero-order valence-corrected chi connectivity index (χ0v) is 6.68. The maximum Gasteiger partial charge on any atom is 0.348 e. The van der Waals surface area contributed by atoms with Crippen LogP contribution in [0.4, 0.5) is 20.2 Å². The van der Waals surface area contributed by atoms with Gasteiger partial charge in [-0.1, -0.05) is 11.6 Å². The Kier molecular flexibility index (Phi) is 2.28. The molecule has 13 heavy (non-hydrogen) atoms. The summed E-state index contributed by atoms with van der Waals surface area (Å²) in [5, 5.41) is 9.41. The summed E-state index contributed by atoms with van der Waals surface area (Å²) in [6.45, 7) is 0. The van der Waals surface area contributed by atoms with Crippen LogP contribution in [0.1, 0.15) is 0 Å². The number of halogens is 3. The molecule has 70 valence electrons. The summed E-state index contributed by atoms with van der Waals surface area (Å²) in [5.74, 6) is -2.97. The van der Waals surface area contributed by atoms with Crippen molar-refractivity contribution in [2.75, 3.05) is 5.73 Å². The number of rotatable bonds is 1. The zero-order chi connectivity index (χ0) is 10.2. The van der Waals surface area contributed by atoms with Crippen LogP contribution in [0.2, 0.25) is 5.02 Å². The van der Waals surface area contributed by atoms with Crippen LogP contribution in [-0.2, 0) is 0 Å². The lowest BCUT2D eigenvalue weighted by Gasteiger charge is -2.00. The van der Waals surface area contributed by atoms with Crippen LogP contribution in [0.15, 0.2) is 0 Å². The van der Waals surface area contributed by atoms with E-state index in [-0.39, 0.29) is 0 Å². The van der Waals surface area contributed by atoms with Gasteiger partial charge in [0.2, 0.25) is 5.95 Å². The fraction of sp³-hybridized carbons (Fsp3) is 0. The Bertz CT molecular complexity index is 385. The second-order valence-electron chi connectivity index (χ2n) is 2.03. The van der Waals surface area contributed by atoms with E-state index in [0.717, 1.165) is 0 Å². The maximum atomic E-state index is 12.6. The van der Waals surface area contributed by atoms with Crippen LogP contribution in [-0.4, -0.2) is 9.91 Å². The number of hydrogen-bond donors (Lipinski definition) is 1. The molecule has 0 bridgehead atoms. The number of pyridine rings is 1. The standard InChI is InChI=1S/C5H2ClF2N3O2/c6-1-2(9)3(11(12)13)5(8)10-4(1)7/h(H2,9,10). The molecule has 0 aliphatic carbocycles. The Morgan fingerprint density at radius 2 is 2.00 bits per heavy atom. The van der Waals surface area contributed by atoms with Gasteiger partial charge in [0.1, 0.15) is 10.7 Å². The van der Waals surface area contributed by atoms with Gasteiger partial charge in [-0.05, 0) is 0 Å². The lowest BCUT2D eigenvalue weighted by atomic mass is 10.3. The molecule has 0 aliphatic rings. The van der Waals surface area contributed by atoms with E-state index in [0.29, 0.717) is 0 Å². The largest absolute Gasteiger partial charge is 0.392 e. The van der Waals surface area contributed by atoms with Crippen molar-refractivity contribution < 1.29 is 13.7 Å². The molecule has 0 amide bonds. The summed E-state index contributed by atoms with van der Waals surface area (Å²) >= 11 is 5.17. The normalized spacial score (nSPS) is 10.1. The molecule has 1 aromatic rings. The van der Waals surface area contributed by atoms with Crippen molar-refractivity contribution in [3.63, 3.8) is 0 Å². The maximum absolute atomic E-state index is 12.6. The lowest BCUT2D eigenvalue weighted by molar-refractivity contribution is -0.387. The van der Waals surface area contributed by atoms with Crippen molar-refractivity contribution in [2.45, 2.75) is 0 Å². The first-order valence-electron chi connectivity index (χ1n) is 2.89. The predicted octanol–water partition coefficient (Wildman–Crippen LogP) is 1.50. The number of nitrogens with two attached hydrogens (primary N) is 1. The Morgan fingerprint density at radius 3 is 2.46 bits per heavy atom. The molecule has 0 saturated carbocycles. The number of anilines is 1. The first-order chi connectivity index (χ1) is 5.95. The van der Waals surface area contributed by atoms with Gasteiger partial charge in [0.15, 0.2) is 0 Å². The monoisotopic (exact) mass is 209 g/mol. The number of hydrogen-bond acceptors (Lipinski definition) is 4. The molecule has 1 heterocycles. The molecule has 5 nitrogen and oxygen atoms in total. The smallest absolute Gasteiger partial charge is 0.348 e. The van der Waals surface area contributed by atoms with Crippen molar-refractivity contribution in [1.29, 1.82) is 0 Å². The quantitative estimate of drug-likeness (QED) is 0.432. The van der Waals surface area contributed by atoms with Gasteiger partial charge in [0.05, 0.1) is 4.92 Å². The first kappa shape index (κ1) is 9.59. The highest BCUT2D eigenvalue weighted by molar-refractivity contribution is 6.33. The minimum atomic E-state index is -1.59. The minimum absolute atomic E-state index is 0.756. The highest BCUT2D eigenvalue weighted by atomic mass is 35.5. The van der Waals surface area contributed by atoms with E-state index >= 15 is 0 Å². The third kappa shape index (κ3) is 1.50. The second kappa shape index (κ2) is 3.09. The summed E-state index contributed by atoms with van der Waals surface area (Å²) in [6, 6.07) is 0. The number of aromatic nitrogens is 1. The average Bonchev–Trinajstić information content (AvgIpc) is 1.99. The molecule has 1 rings (SSSR count). The predicted molar refractivity (Wildman–Crippen MR) is 40.2 cm³/mol. The van der Waals surface area contributed by atoms with Crippen molar-refractivity contribution >= 4 is 23.0 Å². The molecule has 0 radical (unpaired) electrons. The Labute approximate surface area is 75.3 Å². The summed E-state index contributed by atoms with van der Waals surface area (Å²) in [5.41, 5.74) is 3.11. The molecule has 0 aliphatic heterocycles. The topological polar surface area (TPSA) is 82.0 Å². The van der Waals surface area contributed by atoms with E-state index < -0.39 is 33.2 Å². The number of nitrogen functional groups attached to an aromatic ring is 1. The van der Waals surface area contributed by atoms with Crippen LogP contribution < -0.4 is 5.73 Å². The van der Waals surface area contributed by atoms with Crippen molar-refractivity contribution in [2.24, 2.45) is 0 Å². The Hall–Kier alpha value is -1.50. The third-order valence-corrected chi connectivity index (χ3v) is 1.61. The molecule has 0 aromatic carbocycles. The van der Waals surface area contributed by atoms with E-state index in [1.165, 1.54) is 0 Å². The van der Waals surface area contributed by atoms with Gasteiger partial charge in [0, 0.05) is 0 Å². The third-order valence-electron chi connectivity index (χ3n) is 1.25. The van der Waals surface area contributed by atoms with Crippen molar-refractivity contribution in [3.05, 3.63) is 27.0 Å². The molecule has 0 saturated heterocycles. The summed E-state index contributed by atoms with van der Waals surface area (Å²) < 4.78 is 25.1. The molecule has 8 heteroatoms. The van der Waals surface area contributed by atoms with E-state index in [4.69, 9.17) is 17.3 Å². The number of nitro groups is 1. The van der Waals surface area contributed by atoms with E-state index in [1.807, 2.05) is 0 Å². The van der Waals surface area contributed by atoms with Gasteiger partial charge < -0.3 is 5.73 Å². The number of nitrogens with zero attached hydrogens (tertiary/aromatic N) is 2. The fourth-order valence-corrected chi connectivity index (χ4v) is 0.820. The molecule has 0 unspecified atom stereocenters. The molecule has 0 atom stereocenters. The second-order valence-corrected chi connectivity index (χ2v) is 2.40. The molecule has 0 spiro atoms. The van der Waals surface area contributed by atoms with Gasteiger partial charge in [-0.2, -0.15) is 13.8 Å². The first-order valence-corrected chi connectivity index (χ1v) is 3.27. The SMILES string of the molecule is Nc1c(Cl)c(F)nc(F)c1[N+](=O)[O-]. The van der Waals surface area contributed by atoms with Gasteiger partial charge in [0.25, 0.3) is 5.95 Å². The Morgan fingerprint density at radius 1 is 1.46 bits per heavy atom. The van der Waals surface area contributed by atoms with E-state index in [9.17, 15) is 18.9 Å². The zero-order valence-electron chi connectivity index (χ0n) is 5.92. The van der Waals surface area contributed by atoms with Crippen LogP contribution >= 0.6 is 11.6 Å². The Balaban J connectivity index is 3.53. The summed E-state index contributed by atoms with van der Waals surface area (Å²) in [4.78, 5) is 11.6. The molecule has 0 fully saturated rings. The highest BCUT2D eigenvalue weighted by Crippen LogP contribution is 2.31. The van der Waals surface area contributed by atoms with Gasteiger partial charge in [-0.15, -0.1) is 0 Å². The van der Waals surface area contributed by atoms with Gasteiger partial charge in [-0.25, -0.2) is 0 Å². The molecule has 2 N–H and O–H groups in total. The van der Waals surface area contributed by atoms with Crippen LogP contribution in [0.3, 0.4) is 0 Å².